The largest absolute Gasteiger partial charge is 0.496 e. The average molecular weight is 493 g/mol. The summed E-state index contributed by atoms with van der Waals surface area (Å²) in [6.07, 6.45) is 1.69. The molecule has 0 spiro atoms. The summed E-state index contributed by atoms with van der Waals surface area (Å²) in [6.45, 7) is 5.98. The molecule has 2 N–H and O–H groups in total. The van der Waals surface area contributed by atoms with Gasteiger partial charge in [-0.05, 0) is 61.7 Å². The van der Waals surface area contributed by atoms with Crippen molar-refractivity contribution in [3.8, 4) is 39.5 Å². The van der Waals surface area contributed by atoms with Gasteiger partial charge in [0, 0.05) is 35.1 Å². The summed E-state index contributed by atoms with van der Waals surface area (Å²) in [5.41, 5.74) is 8.47. The van der Waals surface area contributed by atoms with Crippen LogP contribution in [-0.4, -0.2) is 38.0 Å². The van der Waals surface area contributed by atoms with Crippen LogP contribution in [0.15, 0.2) is 66.9 Å². The standard InChI is InChI=1S/C29H28N6O2/c1-17-9-6-7-12-22(17)26-18(2)23(13-14-25(26)37-5)28-31-19(3)27(33-28)29(36)32-21-11-8-10-20(15-21)24-16-30-35(4)34-24/h6-16H,1-5H3,(H,31,33)(H,32,36). The van der Waals surface area contributed by atoms with Gasteiger partial charge in [0.15, 0.2) is 0 Å². The molecule has 5 aromatic rings. The molecule has 8 heteroatoms. The normalized spacial score (nSPS) is 10.9. The molecule has 37 heavy (non-hydrogen) atoms. The van der Waals surface area contributed by atoms with Gasteiger partial charge in [0.05, 0.1) is 13.3 Å². The van der Waals surface area contributed by atoms with Crippen LogP contribution in [-0.2, 0) is 7.05 Å². The predicted octanol–water partition coefficient (Wildman–Crippen LogP) is 5.73. The number of anilines is 1. The fourth-order valence-electron chi connectivity index (χ4n) is 4.54. The number of hydrogen-bond acceptors (Lipinski definition) is 5. The molecule has 0 atom stereocenters. The van der Waals surface area contributed by atoms with Gasteiger partial charge in [0.1, 0.15) is 23.0 Å². The van der Waals surface area contributed by atoms with Gasteiger partial charge in [0.2, 0.25) is 0 Å². The average Bonchev–Trinajstić information content (AvgIpc) is 3.50. The number of amides is 1. The van der Waals surface area contributed by atoms with Crippen molar-refractivity contribution in [2.75, 3.05) is 12.4 Å². The lowest BCUT2D eigenvalue weighted by molar-refractivity contribution is 0.102. The Morgan fingerprint density at radius 3 is 2.54 bits per heavy atom. The number of nitrogens with one attached hydrogen (secondary N) is 2. The number of H-pyrrole nitrogens is 1. The van der Waals surface area contributed by atoms with Gasteiger partial charge in [-0.1, -0.05) is 36.4 Å². The summed E-state index contributed by atoms with van der Waals surface area (Å²) >= 11 is 0. The number of benzene rings is 3. The first kappa shape index (κ1) is 24.0. The number of hydrogen-bond donors (Lipinski definition) is 2. The molecule has 1 amide bonds. The van der Waals surface area contributed by atoms with Crippen LogP contribution in [0.5, 0.6) is 5.75 Å². The highest BCUT2D eigenvalue weighted by molar-refractivity contribution is 6.04. The fraction of sp³-hybridized carbons (Fsp3) is 0.172. The maximum Gasteiger partial charge on any atom is 0.276 e. The van der Waals surface area contributed by atoms with E-state index in [0.29, 0.717) is 22.9 Å². The summed E-state index contributed by atoms with van der Waals surface area (Å²) in [5, 5.41) is 11.4. The number of nitrogens with zero attached hydrogens (tertiary/aromatic N) is 4. The Kier molecular flexibility index (Phi) is 6.31. The van der Waals surface area contributed by atoms with E-state index < -0.39 is 0 Å². The third kappa shape index (κ3) is 4.61. The SMILES string of the molecule is COc1ccc(-c2nc(C(=O)Nc3cccc(-c4cnn(C)n4)c3)c(C)[nH]2)c(C)c1-c1ccccc1C. The van der Waals surface area contributed by atoms with Crippen molar-refractivity contribution < 1.29 is 9.53 Å². The van der Waals surface area contributed by atoms with Gasteiger partial charge < -0.3 is 15.0 Å². The quantitative estimate of drug-likeness (QED) is 0.316. The Hall–Kier alpha value is -4.72. The van der Waals surface area contributed by atoms with Crippen LogP contribution < -0.4 is 10.1 Å². The number of ether oxygens (including phenoxy) is 1. The van der Waals surface area contributed by atoms with Crippen molar-refractivity contribution in [3.05, 3.63) is 89.4 Å². The van der Waals surface area contributed by atoms with E-state index in [0.717, 1.165) is 44.8 Å². The fourth-order valence-corrected chi connectivity index (χ4v) is 4.54. The van der Waals surface area contributed by atoms with E-state index in [9.17, 15) is 4.79 Å². The van der Waals surface area contributed by atoms with Crippen molar-refractivity contribution in [1.29, 1.82) is 0 Å². The first-order valence-corrected chi connectivity index (χ1v) is 11.9. The highest BCUT2D eigenvalue weighted by Crippen LogP contribution is 2.39. The Bertz CT molecular complexity index is 1610. The van der Waals surface area contributed by atoms with Crippen LogP contribution in [0.4, 0.5) is 5.69 Å². The molecular weight excluding hydrogens is 464 g/mol. The molecule has 0 radical (unpaired) electrons. The molecule has 0 saturated heterocycles. The molecule has 0 unspecified atom stereocenters. The number of carbonyl (C=O) groups excluding carboxylic acids is 1. The van der Waals surface area contributed by atoms with Crippen LogP contribution in [0.25, 0.3) is 33.8 Å². The Morgan fingerprint density at radius 1 is 1.00 bits per heavy atom. The highest BCUT2D eigenvalue weighted by atomic mass is 16.5. The smallest absolute Gasteiger partial charge is 0.276 e. The summed E-state index contributed by atoms with van der Waals surface area (Å²) in [6, 6.07) is 19.6. The molecule has 3 aromatic carbocycles. The number of aryl methyl sites for hydroxylation is 3. The lowest BCUT2D eigenvalue weighted by atomic mass is 9.92. The second-order valence-corrected chi connectivity index (χ2v) is 8.94. The zero-order valence-corrected chi connectivity index (χ0v) is 21.5. The summed E-state index contributed by atoms with van der Waals surface area (Å²) in [7, 11) is 3.44. The highest BCUT2D eigenvalue weighted by Gasteiger charge is 2.20. The summed E-state index contributed by atoms with van der Waals surface area (Å²) in [4.78, 5) is 22.7. The molecule has 8 nitrogen and oxygen atoms in total. The van der Waals surface area contributed by atoms with Crippen molar-refractivity contribution in [2.24, 2.45) is 7.05 Å². The Labute approximate surface area is 215 Å². The molecule has 186 valence electrons. The number of aromatic nitrogens is 5. The topological polar surface area (TPSA) is 97.7 Å². The molecule has 0 fully saturated rings. The van der Waals surface area contributed by atoms with E-state index in [1.807, 2.05) is 55.5 Å². The van der Waals surface area contributed by atoms with Gasteiger partial charge in [-0.25, -0.2) is 4.98 Å². The molecule has 2 heterocycles. The van der Waals surface area contributed by atoms with Crippen LogP contribution in [0, 0.1) is 20.8 Å². The van der Waals surface area contributed by atoms with Gasteiger partial charge in [-0.3, -0.25) is 4.79 Å². The number of imidazole rings is 1. The Morgan fingerprint density at radius 2 is 1.81 bits per heavy atom. The van der Waals surface area contributed by atoms with E-state index in [4.69, 9.17) is 9.72 Å². The van der Waals surface area contributed by atoms with E-state index in [-0.39, 0.29) is 5.91 Å². The van der Waals surface area contributed by atoms with Crippen LogP contribution >= 0.6 is 0 Å². The van der Waals surface area contributed by atoms with Gasteiger partial charge in [-0.2, -0.15) is 15.0 Å². The monoisotopic (exact) mass is 492 g/mol. The molecule has 2 aromatic heterocycles. The third-order valence-electron chi connectivity index (χ3n) is 6.43. The Balaban J connectivity index is 1.47. The molecule has 0 aliphatic carbocycles. The van der Waals surface area contributed by atoms with Gasteiger partial charge >= 0.3 is 0 Å². The summed E-state index contributed by atoms with van der Waals surface area (Å²) < 4.78 is 5.70. The number of rotatable bonds is 6. The van der Waals surface area contributed by atoms with Crippen LogP contribution in [0.1, 0.15) is 27.3 Å². The minimum Gasteiger partial charge on any atom is -0.496 e. The van der Waals surface area contributed by atoms with Crippen molar-refractivity contribution in [1.82, 2.24) is 25.0 Å². The lowest BCUT2D eigenvalue weighted by Gasteiger charge is -2.16. The molecule has 0 bridgehead atoms. The first-order valence-electron chi connectivity index (χ1n) is 11.9. The van der Waals surface area contributed by atoms with E-state index >= 15 is 0 Å². The van der Waals surface area contributed by atoms with Crippen LogP contribution in [0.3, 0.4) is 0 Å². The molecule has 0 saturated carbocycles. The minimum absolute atomic E-state index is 0.290. The third-order valence-corrected chi connectivity index (χ3v) is 6.43. The molecular formula is C29H28N6O2. The first-order chi connectivity index (χ1) is 17.9. The maximum absolute atomic E-state index is 13.2. The van der Waals surface area contributed by atoms with Crippen molar-refractivity contribution in [3.63, 3.8) is 0 Å². The number of carbonyl (C=O) groups is 1. The zero-order valence-electron chi connectivity index (χ0n) is 21.5. The maximum atomic E-state index is 13.2. The van der Waals surface area contributed by atoms with E-state index in [1.165, 1.54) is 4.80 Å². The van der Waals surface area contributed by atoms with Gasteiger partial charge in [0.25, 0.3) is 5.91 Å². The second kappa shape index (κ2) is 9.73. The molecule has 5 rings (SSSR count). The number of aromatic amines is 1. The van der Waals surface area contributed by atoms with Crippen molar-refractivity contribution in [2.45, 2.75) is 20.8 Å². The van der Waals surface area contributed by atoms with Crippen molar-refractivity contribution >= 4 is 11.6 Å². The zero-order chi connectivity index (χ0) is 26.1. The lowest BCUT2D eigenvalue weighted by Crippen LogP contribution is -2.13. The van der Waals surface area contributed by atoms with E-state index in [1.54, 1.807) is 20.4 Å². The van der Waals surface area contributed by atoms with E-state index in [2.05, 4.69) is 46.5 Å². The van der Waals surface area contributed by atoms with Crippen LogP contribution in [0.2, 0.25) is 0 Å². The predicted molar refractivity (Wildman–Crippen MR) is 145 cm³/mol. The van der Waals surface area contributed by atoms with Gasteiger partial charge in [-0.15, -0.1) is 0 Å². The second-order valence-electron chi connectivity index (χ2n) is 8.94. The summed E-state index contributed by atoms with van der Waals surface area (Å²) in [5.74, 6) is 1.13. The molecule has 0 aliphatic heterocycles. The minimum atomic E-state index is -0.290. The number of methoxy groups -OCH3 is 1. The molecule has 0 aliphatic rings.